The molecule has 0 nitrogen and oxygen atoms in total. The van der Waals surface area contributed by atoms with Crippen LogP contribution in [0.25, 0.3) is 0 Å². The Labute approximate surface area is 164 Å². The molecule has 22 heavy (non-hydrogen) atoms. The molecule has 0 aliphatic heterocycles. The standard InChI is InChI=1S/C17H23SSi.2ClH.Ti/c1-17(2,3)18-15-12-8-9-13-16(15)19(4,5)14-10-6-7-11-14;;;/h6,8-10,12-13H,7H2,1-5H3;2*1H;/q;;;+2/p-2. The van der Waals surface area contributed by atoms with Crippen LogP contribution in [0.4, 0.5) is 0 Å². The molecule has 1 aliphatic carbocycles. The van der Waals surface area contributed by atoms with Crippen LogP contribution >= 0.6 is 11.8 Å². The average Bonchev–Trinajstić information content (AvgIpc) is 2.74. The first-order valence-corrected chi connectivity index (χ1v) is 11.7. The first-order chi connectivity index (χ1) is 9.22. The number of rotatable bonds is 3. The van der Waals surface area contributed by atoms with Crippen molar-refractivity contribution in [3.05, 3.63) is 45.5 Å². The number of benzene rings is 1. The van der Waals surface area contributed by atoms with Gasteiger partial charge in [0.25, 0.3) is 0 Å². The Morgan fingerprint density at radius 3 is 2.18 bits per heavy atom. The van der Waals surface area contributed by atoms with Crippen LogP contribution in [0.3, 0.4) is 0 Å². The minimum atomic E-state index is -1.58. The molecule has 0 aromatic heterocycles. The van der Waals surface area contributed by atoms with Crippen molar-refractivity contribution in [2.45, 2.75) is 49.9 Å². The van der Waals surface area contributed by atoms with Gasteiger partial charge in [0.15, 0.2) is 0 Å². The van der Waals surface area contributed by atoms with E-state index in [0.717, 1.165) is 6.42 Å². The van der Waals surface area contributed by atoms with Gasteiger partial charge in [0.2, 0.25) is 0 Å². The molecule has 1 aromatic carbocycles. The second-order valence-corrected chi connectivity index (χ2v) is 14.0. The van der Waals surface area contributed by atoms with E-state index in [1.54, 1.807) is 14.3 Å². The molecule has 0 saturated carbocycles. The zero-order valence-corrected chi connectivity index (χ0v) is 18.7. The number of hydrogen-bond donors (Lipinski definition) is 0. The Hall–Kier alpha value is 0.561. The maximum Gasteiger partial charge on any atom is -1.00 e. The fourth-order valence-electron chi connectivity index (χ4n) is 2.64. The number of allylic oxidation sites excluding steroid dienone is 4. The third kappa shape index (κ3) is 5.29. The monoisotopic (exact) mass is 405 g/mol. The van der Waals surface area contributed by atoms with Gasteiger partial charge in [-0.25, -0.2) is 0 Å². The molecule has 2 rings (SSSR count). The zero-order chi connectivity index (χ0) is 15.0. The first kappa shape index (κ1) is 22.6. The van der Waals surface area contributed by atoms with Crippen LogP contribution in [-0.2, 0) is 20.4 Å². The van der Waals surface area contributed by atoms with Crippen LogP contribution in [-0.4, -0.2) is 12.8 Å². The van der Waals surface area contributed by atoms with Crippen molar-refractivity contribution < 1.29 is 45.2 Å². The molecule has 0 unspecified atom stereocenters. The van der Waals surface area contributed by atoms with E-state index >= 15 is 0 Å². The van der Waals surface area contributed by atoms with Gasteiger partial charge in [0.05, 0.1) is 0 Å². The van der Waals surface area contributed by atoms with Gasteiger partial charge in [-0.3, -0.25) is 0 Å². The summed E-state index contributed by atoms with van der Waals surface area (Å²) >= 11 is 4.30. The molecule has 119 valence electrons. The Morgan fingerprint density at radius 2 is 1.68 bits per heavy atom. The van der Waals surface area contributed by atoms with E-state index in [4.69, 9.17) is 0 Å². The Kier molecular flexibility index (Phi) is 8.82. The molecule has 0 spiro atoms. The molecule has 0 atom stereocenters. The van der Waals surface area contributed by atoms with Gasteiger partial charge in [-0.2, -0.15) is 0 Å². The van der Waals surface area contributed by atoms with Gasteiger partial charge in [-0.1, -0.05) is 0 Å². The third-order valence-electron chi connectivity index (χ3n) is 3.58. The Morgan fingerprint density at radius 1 is 1.09 bits per heavy atom. The molecule has 1 aliphatic rings. The minimum Gasteiger partial charge on any atom is -1.00 e. The summed E-state index contributed by atoms with van der Waals surface area (Å²) in [7, 11) is -1.58. The molecule has 0 N–H and O–H groups in total. The zero-order valence-electron chi connectivity index (χ0n) is 13.8. The van der Waals surface area contributed by atoms with Crippen LogP contribution < -0.4 is 30.0 Å². The topological polar surface area (TPSA) is 0 Å². The van der Waals surface area contributed by atoms with Gasteiger partial charge < -0.3 is 24.8 Å². The molecule has 0 heterocycles. The van der Waals surface area contributed by atoms with E-state index in [9.17, 15) is 0 Å². The average molecular weight is 406 g/mol. The molecule has 0 bridgehead atoms. The van der Waals surface area contributed by atoms with Gasteiger partial charge >= 0.3 is 141 Å². The summed E-state index contributed by atoms with van der Waals surface area (Å²) in [5.74, 6) is 0. The van der Waals surface area contributed by atoms with Gasteiger partial charge in [0.1, 0.15) is 0 Å². The molecule has 0 saturated heterocycles. The van der Waals surface area contributed by atoms with Gasteiger partial charge in [-0.05, 0) is 0 Å². The molecular formula is C17H23Cl2SSiTi. The van der Waals surface area contributed by atoms with Crippen molar-refractivity contribution >= 4 is 25.0 Å². The summed E-state index contributed by atoms with van der Waals surface area (Å²) in [6.45, 7) is 11.9. The quantitative estimate of drug-likeness (QED) is 0.449. The minimum absolute atomic E-state index is 0. The van der Waals surface area contributed by atoms with E-state index in [0.29, 0.717) is 0 Å². The van der Waals surface area contributed by atoms with Crippen molar-refractivity contribution in [2.75, 3.05) is 0 Å². The number of thioether (sulfide) groups is 1. The second-order valence-electron chi connectivity index (χ2n) is 6.83. The third-order valence-corrected chi connectivity index (χ3v) is 9.68. The van der Waals surface area contributed by atoms with Crippen molar-refractivity contribution in [3.8, 4) is 0 Å². The van der Waals surface area contributed by atoms with Crippen molar-refractivity contribution in [3.63, 3.8) is 0 Å². The van der Waals surface area contributed by atoms with E-state index < -0.39 is 8.07 Å². The Bertz CT molecular complexity index is 574. The summed E-state index contributed by atoms with van der Waals surface area (Å²) in [6, 6.07) is 9.03. The van der Waals surface area contributed by atoms with Crippen LogP contribution in [0.1, 0.15) is 27.2 Å². The van der Waals surface area contributed by atoms with Crippen LogP contribution in [0, 0.1) is 0 Å². The first-order valence-electron chi connectivity index (χ1n) is 7.12. The summed E-state index contributed by atoms with van der Waals surface area (Å²) < 4.78 is 1.83. The summed E-state index contributed by atoms with van der Waals surface area (Å²) in [5, 5.41) is 3.21. The van der Waals surface area contributed by atoms with Crippen LogP contribution in [0.15, 0.2) is 50.4 Å². The van der Waals surface area contributed by atoms with Crippen molar-refractivity contribution in [2.24, 2.45) is 0 Å². The van der Waals surface area contributed by atoms with E-state index in [2.05, 4.69) is 90.7 Å². The van der Waals surface area contributed by atoms with E-state index in [1.807, 2.05) is 11.8 Å². The smallest absolute Gasteiger partial charge is 1.00 e. The van der Waals surface area contributed by atoms with Gasteiger partial charge in [-0.15, -0.1) is 0 Å². The fourth-order valence-corrected chi connectivity index (χ4v) is 9.21. The molecule has 0 radical (unpaired) electrons. The van der Waals surface area contributed by atoms with Crippen molar-refractivity contribution in [1.82, 2.24) is 0 Å². The largest absolute Gasteiger partial charge is 1.00 e. The summed E-state index contributed by atoms with van der Waals surface area (Å²) in [4.78, 5) is 1.47. The fraction of sp³-hybridized carbons (Fsp3) is 0.412. The maximum atomic E-state index is 2.49. The number of hydrogen-bond acceptors (Lipinski definition) is 1. The van der Waals surface area contributed by atoms with E-state index in [1.165, 1.54) is 4.90 Å². The molecule has 0 amide bonds. The second kappa shape index (κ2) is 8.60. The van der Waals surface area contributed by atoms with Crippen LogP contribution in [0.2, 0.25) is 13.1 Å². The summed E-state index contributed by atoms with van der Waals surface area (Å²) in [6.07, 6.45) is 5.83. The maximum absolute atomic E-state index is 2.49. The predicted molar refractivity (Wildman–Crippen MR) is 90.0 cm³/mol. The molecular weight excluding hydrogens is 383 g/mol. The number of halogens is 2. The normalized spacial score (nSPS) is 14.7. The molecule has 5 heteroatoms. The van der Waals surface area contributed by atoms with Crippen molar-refractivity contribution in [1.29, 1.82) is 0 Å². The molecule has 0 fully saturated rings. The predicted octanol–water partition coefficient (Wildman–Crippen LogP) is -1.20. The summed E-state index contributed by atoms with van der Waals surface area (Å²) in [5.41, 5.74) is 0. The van der Waals surface area contributed by atoms with Crippen LogP contribution in [0.5, 0.6) is 0 Å². The Balaban J connectivity index is 0.00000220. The molecule has 1 aromatic rings. The van der Waals surface area contributed by atoms with Gasteiger partial charge in [0, 0.05) is 0 Å². The van der Waals surface area contributed by atoms with E-state index in [-0.39, 0.29) is 29.6 Å². The SMILES string of the molecule is CC(C)(C)Sc1ccccc1[Si](C)(C)C1=[C]([Ti+2])CC=C1.[Cl-].[Cl-].